The first-order chi connectivity index (χ1) is 17.5. The van der Waals surface area contributed by atoms with E-state index in [1.165, 1.54) is 23.3 Å². The highest BCUT2D eigenvalue weighted by Crippen LogP contribution is 2.35. The van der Waals surface area contributed by atoms with Crippen molar-refractivity contribution in [1.82, 2.24) is 34.7 Å². The van der Waals surface area contributed by atoms with E-state index in [0.29, 0.717) is 0 Å². The predicted molar refractivity (Wildman–Crippen MR) is 137 cm³/mol. The van der Waals surface area contributed by atoms with E-state index in [1.54, 1.807) is 23.1 Å². The zero-order valence-corrected chi connectivity index (χ0v) is 20.2. The Kier molecular flexibility index (Phi) is 5.77. The summed E-state index contributed by atoms with van der Waals surface area (Å²) in [5, 5.41) is 12.7. The number of nitrogens with one attached hydrogen (secondary N) is 1. The molecule has 8 nitrogen and oxygen atoms in total. The highest BCUT2D eigenvalue weighted by Gasteiger charge is 2.22. The maximum Gasteiger partial charge on any atom is 0.317 e. The summed E-state index contributed by atoms with van der Waals surface area (Å²) in [6, 6.07) is 13.0. The number of halogens is 1. The fourth-order valence-electron chi connectivity index (χ4n) is 5.08. The molecule has 4 aromatic rings. The maximum absolute atomic E-state index is 13.6. The van der Waals surface area contributed by atoms with Crippen LogP contribution in [0.5, 0.6) is 0 Å². The van der Waals surface area contributed by atoms with E-state index in [0.717, 1.165) is 73.5 Å². The Labute approximate surface area is 208 Å². The van der Waals surface area contributed by atoms with E-state index in [9.17, 15) is 9.18 Å². The highest BCUT2D eigenvalue weighted by molar-refractivity contribution is 5.96. The van der Waals surface area contributed by atoms with Crippen LogP contribution in [0.3, 0.4) is 0 Å². The molecule has 184 valence electrons. The van der Waals surface area contributed by atoms with Gasteiger partial charge in [0.25, 0.3) is 0 Å². The summed E-state index contributed by atoms with van der Waals surface area (Å²) in [5.74, 6) is -0.248. The van der Waals surface area contributed by atoms with Gasteiger partial charge in [-0.1, -0.05) is 12.1 Å². The van der Waals surface area contributed by atoms with E-state index in [-0.39, 0.29) is 11.8 Å². The lowest BCUT2D eigenvalue weighted by molar-refractivity contribution is 0.205. The fourth-order valence-corrected chi connectivity index (χ4v) is 5.08. The maximum atomic E-state index is 13.6. The van der Waals surface area contributed by atoms with E-state index in [2.05, 4.69) is 55.5 Å². The van der Waals surface area contributed by atoms with Crippen LogP contribution in [-0.4, -0.2) is 74.7 Å². The zero-order chi connectivity index (χ0) is 24.6. The minimum atomic E-state index is -0.248. The van der Waals surface area contributed by atoms with Gasteiger partial charge in [0, 0.05) is 74.7 Å². The molecule has 2 aliphatic heterocycles. The predicted octanol–water partition coefficient (Wildman–Crippen LogP) is 3.68. The first-order valence-corrected chi connectivity index (χ1v) is 12.3. The third-order valence-electron chi connectivity index (χ3n) is 7.08. The molecule has 0 radical (unpaired) electrons. The number of urea groups is 1. The van der Waals surface area contributed by atoms with Crippen LogP contribution in [0, 0.1) is 5.82 Å². The van der Waals surface area contributed by atoms with Crippen molar-refractivity contribution in [3.8, 4) is 16.9 Å². The second kappa shape index (κ2) is 9.23. The Bertz CT molecular complexity index is 1450. The molecule has 2 aliphatic rings. The van der Waals surface area contributed by atoms with Crippen molar-refractivity contribution in [3.63, 3.8) is 0 Å². The van der Waals surface area contributed by atoms with Crippen LogP contribution >= 0.6 is 0 Å². The molecule has 1 fully saturated rings. The van der Waals surface area contributed by atoms with E-state index in [4.69, 9.17) is 0 Å². The van der Waals surface area contributed by atoms with Crippen LogP contribution in [-0.2, 0) is 7.05 Å². The molecule has 6 rings (SSSR count). The molecule has 2 aromatic carbocycles. The number of fused-ring (bicyclic) bond motifs is 1. The molecule has 2 amide bonds. The number of aryl methyl sites for hydroxylation is 1. The lowest BCUT2D eigenvalue weighted by Crippen LogP contribution is -2.38. The minimum absolute atomic E-state index is 0.0377. The molecule has 1 N–H and O–H groups in total. The number of amides is 2. The number of carbonyl (C=O) groups excluding carboxylic acids is 1. The number of nitrogens with zero attached hydrogens (tertiary/aromatic N) is 6. The summed E-state index contributed by atoms with van der Waals surface area (Å²) in [6.07, 6.45) is 7.15. The normalized spacial score (nSPS) is 16.6. The van der Waals surface area contributed by atoms with Crippen LogP contribution in [0.1, 0.15) is 12.0 Å². The van der Waals surface area contributed by atoms with Gasteiger partial charge in [0.2, 0.25) is 0 Å². The Morgan fingerprint density at radius 1 is 1.08 bits per heavy atom. The van der Waals surface area contributed by atoms with Crippen LogP contribution in [0.25, 0.3) is 33.4 Å². The van der Waals surface area contributed by atoms with Gasteiger partial charge in [-0.15, -0.1) is 0 Å². The van der Waals surface area contributed by atoms with E-state index >= 15 is 0 Å². The molecule has 1 saturated heterocycles. The SMILES string of the molecule is Cn1ncc(-c2ccc3c(c2)c(C2=CCN(CCN4CCNC4=O)CC2)cn3-c2ccc(F)cc2)n1. The van der Waals surface area contributed by atoms with E-state index < -0.39 is 0 Å². The molecule has 2 aromatic heterocycles. The summed E-state index contributed by atoms with van der Waals surface area (Å²) in [7, 11) is 1.81. The summed E-state index contributed by atoms with van der Waals surface area (Å²) in [4.78, 5) is 17.7. The van der Waals surface area contributed by atoms with Crippen molar-refractivity contribution in [2.45, 2.75) is 6.42 Å². The molecule has 36 heavy (non-hydrogen) atoms. The van der Waals surface area contributed by atoms with Crippen molar-refractivity contribution in [2.75, 3.05) is 39.3 Å². The Hall–Kier alpha value is -3.98. The first kappa shape index (κ1) is 22.5. The zero-order valence-electron chi connectivity index (χ0n) is 20.2. The minimum Gasteiger partial charge on any atom is -0.336 e. The van der Waals surface area contributed by atoms with E-state index in [1.807, 2.05) is 11.9 Å². The monoisotopic (exact) mass is 485 g/mol. The van der Waals surface area contributed by atoms with Crippen LogP contribution in [0.4, 0.5) is 9.18 Å². The Morgan fingerprint density at radius 2 is 1.94 bits per heavy atom. The summed E-state index contributed by atoms with van der Waals surface area (Å²) < 4.78 is 15.7. The van der Waals surface area contributed by atoms with Crippen LogP contribution < -0.4 is 5.32 Å². The quantitative estimate of drug-likeness (QED) is 0.452. The third kappa shape index (κ3) is 4.26. The number of rotatable bonds is 6. The molecule has 0 aliphatic carbocycles. The largest absolute Gasteiger partial charge is 0.336 e. The van der Waals surface area contributed by atoms with Gasteiger partial charge < -0.3 is 14.8 Å². The molecule has 0 spiro atoms. The van der Waals surface area contributed by atoms with Gasteiger partial charge >= 0.3 is 6.03 Å². The average molecular weight is 486 g/mol. The molecule has 9 heteroatoms. The molecule has 0 bridgehead atoms. The molecule has 0 unspecified atom stereocenters. The smallest absolute Gasteiger partial charge is 0.317 e. The lowest BCUT2D eigenvalue weighted by Gasteiger charge is -2.28. The van der Waals surface area contributed by atoms with Gasteiger partial charge in [-0.2, -0.15) is 15.0 Å². The van der Waals surface area contributed by atoms with Crippen molar-refractivity contribution in [1.29, 1.82) is 0 Å². The van der Waals surface area contributed by atoms with Gasteiger partial charge in [0.1, 0.15) is 11.5 Å². The highest BCUT2D eigenvalue weighted by atomic mass is 19.1. The molecule has 0 saturated carbocycles. The number of carbonyl (C=O) groups is 1. The summed E-state index contributed by atoms with van der Waals surface area (Å²) in [5.41, 5.74) is 6.30. The lowest BCUT2D eigenvalue weighted by atomic mass is 9.97. The second-order valence-corrected chi connectivity index (χ2v) is 9.34. The topological polar surface area (TPSA) is 71.2 Å². The van der Waals surface area contributed by atoms with Crippen molar-refractivity contribution < 1.29 is 9.18 Å². The second-order valence-electron chi connectivity index (χ2n) is 9.34. The third-order valence-corrected chi connectivity index (χ3v) is 7.08. The molecular formula is C27H28FN7O. The van der Waals surface area contributed by atoms with Gasteiger partial charge in [-0.3, -0.25) is 4.90 Å². The van der Waals surface area contributed by atoms with Gasteiger partial charge in [-0.05, 0) is 48.4 Å². The summed E-state index contributed by atoms with van der Waals surface area (Å²) >= 11 is 0. The Balaban J connectivity index is 1.33. The van der Waals surface area contributed by atoms with Crippen molar-refractivity contribution in [3.05, 3.63) is 72.3 Å². The Morgan fingerprint density at radius 3 is 2.64 bits per heavy atom. The molecule has 4 heterocycles. The molecular weight excluding hydrogens is 457 g/mol. The number of hydrogen-bond acceptors (Lipinski definition) is 4. The van der Waals surface area contributed by atoms with Crippen molar-refractivity contribution in [2.24, 2.45) is 7.05 Å². The molecule has 0 atom stereocenters. The summed E-state index contributed by atoms with van der Waals surface area (Å²) in [6.45, 7) is 4.92. The number of aromatic nitrogens is 4. The standard InChI is InChI=1S/C27H28FN7O/c1-32-30-17-25(31-32)20-2-7-26-23(16-20)24(18-35(26)22-5-3-21(28)4-6-22)19-8-11-33(12-9-19)14-15-34-13-10-29-27(34)36/h2-8,16-18H,9-15H2,1H3,(H,29,36). The van der Waals surface area contributed by atoms with Crippen LogP contribution in [0.15, 0.2) is 60.9 Å². The van der Waals surface area contributed by atoms with Gasteiger partial charge in [0.05, 0.1) is 11.7 Å². The van der Waals surface area contributed by atoms with Crippen molar-refractivity contribution >= 4 is 22.5 Å². The van der Waals surface area contributed by atoms with Gasteiger partial charge in [0.15, 0.2) is 0 Å². The fraction of sp³-hybridized carbons (Fsp3) is 0.296. The number of hydrogen-bond donors (Lipinski definition) is 1. The average Bonchev–Trinajstić information content (AvgIpc) is 3.62. The van der Waals surface area contributed by atoms with Gasteiger partial charge in [-0.25, -0.2) is 9.18 Å². The van der Waals surface area contributed by atoms with Crippen LogP contribution in [0.2, 0.25) is 0 Å². The number of benzene rings is 2. The first-order valence-electron chi connectivity index (χ1n) is 12.3.